The fourth-order valence-electron chi connectivity index (χ4n) is 2.99. The molecule has 1 aromatic rings. The van der Waals surface area contributed by atoms with E-state index in [0.29, 0.717) is 12.6 Å². The smallest absolute Gasteiger partial charge is 0.302 e. The predicted octanol–water partition coefficient (Wildman–Crippen LogP) is 4.11. The molecule has 1 aliphatic carbocycles. The van der Waals surface area contributed by atoms with Crippen LogP contribution in [0.25, 0.3) is 0 Å². The molecule has 1 N–H and O–H groups in total. The number of rotatable bonds is 9. The van der Waals surface area contributed by atoms with Crippen molar-refractivity contribution in [2.45, 2.75) is 76.3 Å². The summed E-state index contributed by atoms with van der Waals surface area (Å²) < 4.78 is 4.98. The van der Waals surface area contributed by atoms with Crippen molar-refractivity contribution in [2.24, 2.45) is 0 Å². The molecule has 1 aromatic heterocycles. The minimum atomic E-state index is -0.201. The lowest BCUT2D eigenvalue weighted by atomic mass is 9.95. The number of hydrogen-bond acceptors (Lipinski definition) is 5. The van der Waals surface area contributed by atoms with Crippen LogP contribution >= 0.6 is 11.8 Å². The van der Waals surface area contributed by atoms with E-state index >= 15 is 0 Å². The van der Waals surface area contributed by atoms with E-state index in [2.05, 4.69) is 24.4 Å². The van der Waals surface area contributed by atoms with Gasteiger partial charge in [-0.3, -0.25) is 9.78 Å². The van der Waals surface area contributed by atoms with Gasteiger partial charge in [0, 0.05) is 35.9 Å². The molecule has 0 saturated heterocycles. The van der Waals surface area contributed by atoms with Gasteiger partial charge in [-0.2, -0.15) is 0 Å². The lowest BCUT2D eigenvalue weighted by Gasteiger charge is -2.22. The molecule has 2 rings (SSSR count). The van der Waals surface area contributed by atoms with Crippen LogP contribution in [0.4, 0.5) is 0 Å². The van der Waals surface area contributed by atoms with Crippen molar-refractivity contribution < 1.29 is 9.53 Å². The fourth-order valence-corrected chi connectivity index (χ4v) is 3.93. The highest BCUT2D eigenvalue weighted by Gasteiger charge is 2.13. The Morgan fingerprint density at radius 2 is 2.04 bits per heavy atom. The quantitative estimate of drug-likeness (QED) is 0.413. The normalized spacial score (nSPS) is 15.4. The summed E-state index contributed by atoms with van der Waals surface area (Å²) >= 11 is 1.82. The van der Waals surface area contributed by atoms with Crippen molar-refractivity contribution in [1.29, 1.82) is 0 Å². The molecule has 0 amide bonds. The van der Waals surface area contributed by atoms with Crippen LogP contribution in [0.15, 0.2) is 17.0 Å². The maximum atomic E-state index is 10.8. The van der Waals surface area contributed by atoms with E-state index in [1.54, 1.807) is 0 Å². The van der Waals surface area contributed by atoms with E-state index in [0.717, 1.165) is 36.5 Å². The van der Waals surface area contributed by atoms with Crippen molar-refractivity contribution in [3.05, 3.63) is 23.5 Å². The molecule has 1 aliphatic rings. The summed E-state index contributed by atoms with van der Waals surface area (Å²) in [6, 6.07) is 5.04. The fraction of sp³-hybridized carbons (Fsp3) is 0.684. The van der Waals surface area contributed by atoms with Gasteiger partial charge in [-0.05, 0) is 37.8 Å². The molecule has 1 heterocycles. The third-order valence-electron chi connectivity index (χ3n) is 4.31. The van der Waals surface area contributed by atoms with E-state index in [9.17, 15) is 4.79 Å². The van der Waals surface area contributed by atoms with Gasteiger partial charge in [0.2, 0.25) is 0 Å². The van der Waals surface area contributed by atoms with Gasteiger partial charge in [-0.25, -0.2) is 0 Å². The van der Waals surface area contributed by atoms with Gasteiger partial charge >= 0.3 is 5.97 Å². The van der Waals surface area contributed by atoms with Gasteiger partial charge in [0.15, 0.2) is 0 Å². The van der Waals surface area contributed by atoms with E-state index in [1.165, 1.54) is 43.9 Å². The molecule has 0 aromatic carbocycles. The van der Waals surface area contributed by atoms with Crippen molar-refractivity contribution in [3.63, 3.8) is 0 Å². The first-order chi connectivity index (χ1) is 11.7. The highest BCUT2D eigenvalue weighted by Crippen LogP contribution is 2.22. The molecule has 0 bridgehead atoms. The molecule has 5 heteroatoms. The van der Waals surface area contributed by atoms with E-state index < -0.39 is 0 Å². The van der Waals surface area contributed by atoms with Crippen LogP contribution in [0.1, 0.15) is 63.8 Å². The number of pyridine rings is 1. The van der Waals surface area contributed by atoms with E-state index in [-0.39, 0.29) is 5.97 Å². The number of hydrogen-bond donors (Lipinski definition) is 1. The summed E-state index contributed by atoms with van der Waals surface area (Å²) in [5.74, 6) is 0.754. The molecule has 1 saturated carbocycles. The first-order valence-corrected chi connectivity index (χ1v) is 10.2. The third kappa shape index (κ3) is 7.22. The van der Waals surface area contributed by atoms with Crippen LogP contribution in [0.3, 0.4) is 0 Å². The second-order valence-electron chi connectivity index (χ2n) is 6.40. The van der Waals surface area contributed by atoms with Gasteiger partial charge < -0.3 is 10.1 Å². The Labute approximate surface area is 150 Å². The molecule has 0 unspecified atom stereocenters. The Morgan fingerprint density at radius 3 is 2.75 bits per heavy atom. The van der Waals surface area contributed by atoms with Gasteiger partial charge in [0.25, 0.3) is 0 Å². The SMILES string of the molecule is CCc1cc(SCCCOC(C)=O)cc(CNC2CCCCC2)n1. The zero-order valence-corrected chi connectivity index (χ0v) is 15.8. The molecular formula is C19H30N2O2S. The largest absolute Gasteiger partial charge is 0.466 e. The lowest BCUT2D eigenvalue weighted by Crippen LogP contribution is -2.30. The zero-order valence-electron chi connectivity index (χ0n) is 15.0. The summed E-state index contributed by atoms with van der Waals surface area (Å²) in [4.78, 5) is 16.8. The summed E-state index contributed by atoms with van der Waals surface area (Å²) in [6.07, 6.45) is 8.52. The summed E-state index contributed by atoms with van der Waals surface area (Å²) in [5, 5.41) is 3.68. The van der Waals surface area contributed by atoms with Crippen molar-refractivity contribution in [3.8, 4) is 0 Å². The van der Waals surface area contributed by atoms with Gasteiger partial charge in [-0.1, -0.05) is 26.2 Å². The molecule has 0 radical (unpaired) electrons. The number of ether oxygens (including phenoxy) is 1. The van der Waals surface area contributed by atoms with Gasteiger partial charge in [0.1, 0.15) is 0 Å². The number of thioether (sulfide) groups is 1. The second-order valence-corrected chi connectivity index (χ2v) is 7.57. The minimum absolute atomic E-state index is 0.201. The summed E-state index contributed by atoms with van der Waals surface area (Å²) in [7, 11) is 0. The molecular weight excluding hydrogens is 320 g/mol. The van der Waals surface area contributed by atoms with Crippen molar-refractivity contribution in [2.75, 3.05) is 12.4 Å². The Hall–Kier alpha value is -1.07. The Balaban J connectivity index is 1.82. The van der Waals surface area contributed by atoms with Gasteiger partial charge in [0.05, 0.1) is 12.3 Å². The molecule has 24 heavy (non-hydrogen) atoms. The van der Waals surface area contributed by atoms with E-state index in [4.69, 9.17) is 9.72 Å². The van der Waals surface area contributed by atoms with Crippen LogP contribution < -0.4 is 5.32 Å². The second kappa shape index (κ2) is 10.7. The van der Waals surface area contributed by atoms with Gasteiger partial charge in [-0.15, -0.1) is 11.8 Å². The zero-order chi connectivity index (χ0) is 17.2. The number of carbonyl (C=O) groups is 1. The van der Waals surface area contributed by atoms with Crippen LogP contribution in [0.2, 0.25) is 0 Å². The highest BCUT2D eigenvalue weighted by molar-refractivity contribution is 7.99. The maximum absolute atomic E-state index is 10.8. The average molecular weight is 351 g/mol. The maximum Gasteiger partial charge on any atom is 0.302 e. The van der Waals surface area contributed by atoms with Crippen LogP contribution in [0, 0.1) is 0 Å². The van der Waals surface area contributed by atoms with E-state index in [1.807, 2.05) is 11.8 Å². The Kier molecular flexibility index (Phi) is 8.60. The summed E-state index contributed by atoms with van der Waals surface area (Å²) in [6.45, 7) is 4.97. The Bertz CT molecular complexity index is 516. The molecule has 4 nitrogen and oxygen atoms in total. The lowest BCUT2D eigenvalue weighted by molar-refractivity contribution is -0.140. The average Bonchev–Trinajstić information content (AvgIpc) is 2.60. The third-order valence-corrected chi connectivity index (χ3v) is 5.37. The van der Waals surface area contributed by atoms with Crippen LogP contribution in [0.5, 0.6) is 0 Å². The monoisotopic (exact) mass is 350 g/mol. The first-order valence-electron chi connectivity index (χ1n) is 9.16. The molecule has 134 valence electrons. The number of nitrogens with zero attached hydrogens (tertiary/aromatic N) is 1. The summed E-state index contributed by atoms with van der Waals surface area (Å²) in [5.41, 5.74) is 2.29. The first kappa shape index (κ1) is 19.3. The number of carbonyl (C=O) groups excluding carboxylic acids is 1. The number of aryl methyl sites for hydroxylation is 1. The Morgan fingerprint density at radius 1 is 1.29 bits per heavy atom. The number of aromatic nitrogens is 1. The van der Waals surface area contributed by atoms with Crippen LogP contribution in [-0.4, -0.2) is 29.4 Å². The number of esters is 1. The highest BCUT2D eigenvalue weighted by atomic mass is 32.2. The predicted molar refractivity (Wildman–Crippen MR) is 99.3 cm³/mol. The number of nitrogens with one attached hydrogen (secondary N) is 1. The molecule has 0 spiro atoms. The minimum Gasteiger partial charge on any atom is -0.466 e. The molecule has 0 aliphatic heterocycles. The topological polar surface area (TPSA) is 51.2 Å². The molecule has 0 atom stereocenters. The van der Waals surface area contributed by atoms with Crippen LogP contribution in [-0.2, 0) is 22.5 Å². The standard InChI is InChI=1S/C19H30N2O2S/c1-3-16-12-19(24-11-7-10-23-15(2)22)13-18(21-16)14-20-17-8-5-4-6-9-17/h12-13,17,20H,3-11,14H2,1-2H3. The van der Waals surface area contributed by atoms with Crippen molar-refractivity contribution in [1.82, 2.24) is 10.3 Å². The molecule has 1 fully saturated rings. The van der Waals surface area contributed by atoms with Crippen molar-refractivity contribution >= 4 is 17.7 Å².